The lowest BCUT2D eigenvalue weighted by Crippen LogP contribution is -2.23. The fraction of sp³-hybridized carbons (Fsp3) is 0.300. The van der Waals surface area contributed by atoms with Crippen molar-refractivity contribution in [2.75, 3.05) is 5.32 Å². The molecule has 0 aliphatic heterocycles. The third-order valence-electron chi connectivity index (χ3n) is 2.16. The van der Waals surface area contributed by atoms with Crippen LogP contribution >= 0.6 is 15.9 Å². The number of nitro groups is 1. The van der Waals surface area contributed by atoms with Gasteiger partial charge in [0.1, 0.15) is 0 Å². The maximum absolute atomic E-state index is 13.4. The highest BCUT2D eigenvalue weighted by Crippen LogP contribution is 2.29. The molecule has 18 heavy (non-hydrogen) atoms. The van der Waals surface area contributed by atoms with Gasteiger partial charge in [-0.3, -0.25) is 14.9 Å². The van der Waals surface area contributed by atoms with E-state index in [9.17, 15) is 23.7 Å². The Balaban J connectivity index is 3.17. The van der Waals surface area contributed by atoms with Gasteiger partial charge in [-0.25, -0.2) is 8.78 Å². The van der Waals surface area contributed by atoms with E-state index in [1.807, 2.05) is 5.32 Å². The van der Waals surface area contributed by atoms with Crippen molar-refractivity contribution in [2.24, 2.45) is 0 Å². The van der Waals surface area contributed by atoms with E-state index < -0.39 is 38.7 Å². The Morgan fingerprint density at radius 3 is 2.67 bits per heavy atom. The van der Waals surface area contributed by atoms with Gasteiger partial charge in [0.15, 0.2) is 17.3 Å². The van der Waals surface area contributed by atoms with Crippen molar-refractivity contribution < 1.29 is 18.5 Å². The standard InChI is InChI=1S/C10H9BrF2N2O3/c1-2-5(11)10(16)14-9-7(15(17)18)4-3-6(12)8(9)13/h3-5H,2H2,1H3,(H,14,16). The number of rotatable bonds is 4. The first-order chi connectivity index (χ1) is 8.38. The van der Waals surface area contributed by atoms with Crippen molar-refractivity contribution in [1.82, 2.24) is 0 Å². The van der Waals surface area contributed by atoms with Crippen molar-refractivity contribution in [3.8, 4) is 0 Å². The molecular formula is C10H9BrF2N2O3. The molecule has 1 amide bonds. The van der Waals surface area contributed by atoms with E-state index in [0.29, 0.717) is 12.5 Å². The summed E-state index contributed by atoms with van der Waals surface area (Å²) in [6, 6.07) is 1.43. The lowest BCUT2D eigenvalue weighted by Gasteiger charge is -2.10. The van der Waals surface area contributed by atoms with Gasteiger partial charge in [0.2, 0.25) is 5.91 Å². The second-order valence-electron chi connectivity index (χ2n) is 3.38. The first kappa shape index (κ1) is 14.5. The molecule has 1 aromatic carbocycles. The molecule has 1 N–H and O–H groups in total. The van der Waals surface area contributed by atoms with Crippen molar-refractivity contribution in [3.63, 3.8) is 0 Å². The average molecular weight is 323 g/mol. The number of hydrogen-bond acceptors (Lipinski definition) is 3. The van der Waals surface area contributed by atoms with Gasteiger partial charge in [0.05, 0.1) is 9.75 Å². The third-order valence-corrected chi connectivity index (χ3v) is 3.22. The predicted octanol–water partition coefficient (Wildman–Crippen LogP) is 2.99. The first-order valence-electron chi connectivity index (χ1n) is 4.95. The summed E-state index contributed by atoms with van der Waals surface area (Å²) in [6.45, 7) is 1.69. The molecule has 1 unspecified atom stereocenters. The highest BCUT2D eigenvalue weighted by atomic mass is 79.9. The summed E-state index contributed by atoms with van der Waals surface area (Å²) >= 11 is 3.01. The van der Waals surface area contributed by atoms with E-state index in [-0.39, 0.29) is 0 Å². The number of amides is 1. The topological polar surface area (TPSA) is 72.2 Å². The molecule has 1 aromatic rings. The van der Waals surface area contributed by atoms with Gasteiger partial charge in [-0.05, 0) is 12.5 Å². The summed E-state index contributed by atoms with van der Waals surface area (Å²) in [5, 5.41) is 12.7. The largest absolute Gasteiger partial charge is 0.317 e. The number of halogens is 3. The van der Waals surface area contributed by atoms with Gasteiger partial charge in [-0.2, -0.15) is 0 Å². The molecule has 0 aromatic heterocycles. The Bertz CT molecular complexity index is 496. The molecule has 0 aliphatic carbocycles. The fourth-order valence-electron chi connectivity index (χ4n) is 1.20. The molecule has 0 fully saturated rings. The van der Waals surface area contributed by atoms with Crippen LogP contribution in [0.4, 0.5) is 20.2 Å². The molecular weight excluding hydrogens is 314 g/mol. The van der Waals surface area contributed by atoms with E-state index >= 15 is 0 Å². The van der Waals surface area contributed by atoms with Crippen LogP contribution < -0.4 is 5.32 Å². The predicted molar refractivity (Wildman–Crippen MR) is 64.6 cm³/mol. The molecule has 98 valence electrons. The van der Waals surface area contributed by atoms with E-state index in [1.54, 1.807) is 6.92 Å². The maximum atomic E-state index is 13.4. The number of carbonyl (C=O) groups is 1. The smallest absolute Gasteiger partial charge is 0.296 e. The number of nitro benzene ring substituents is 1. The van der Waals surface area contributed by atoms with Crippen LogP contribution in [0.1, 0.15) is 13.3 Å². The van der Waals surface area contributed by atoms with Crippen LogP contribution in [-0.4, -0.2) is 15.7 Å². The van der Waals surface area contributed by atoms with Crippen molar-refractivity contribution >= 4 is 33.2 Å². The number of alkyl halides is 1. The lowest BCUT2D eigenvalue weighted by atomic mass is 10.2. The zero-order chi connectivity index (χ0) is 13.9. The highest BCUT2D eigenvalue weighted by Gasteiger charge is 2.25. The van der Waals surface area contributed by atoms with E-state index in [0.717, 1.165) is 6.07 Å². The quantitative estimate of drug-likeness (QED) is 0.526. The maximum Gasteiger partial charge on any atom is 0.296 e. The number of anilines is 1. The fourth-order valence-corrected chi connectivity index (χ4v) is 1.31. The summed E-state index contributed by atoms with van der Waals surface area (Å²) < 4.78 is 26.4. The van der Waals surface area contributed by atoms with Crippen LogP contribution in [0.2, 0.25) is 0 Å². The molecule has 0 aliphatic rings. The second kappa shape index (κ2) is 5.85. The lowest BCUT2D eigenvalue weighted by molar-refractivity contribution is -0.384. The van der Waals surface area contributed by atoms with Gasteiger partial charge < -0.3 is 5.32 Å². The van der Waals surface area contributed by atoms with Gasteiger partial charge in [-0.1, -0.05) is 22.9 Å². The Morgan fingerprint density at radius 1 is 1.56 bits per heavy atom. The van der Waals surface area contributed by atoms with Gasteiger partial charge >= 0.3 is 0 Å². The minimum absolute atomic E-state index is 0.399. The molecule has 0 radical (unpaired) electrons. The van der Waals surface area contributed by atoms with E-state index in [4.69, 9.17) is 0 Å². The monoisotopic (exact) mass is 322 g/mol. The summed E-state index contributed by atoms with van der Waals surface area (Å²) in [7, 11) is 0. The molecule has 0 spiro atoms. The average Bonchev–Trinajstić information content (AvgIpc) is 2.33. The number of nitrogens with one attached hydrogen (secondary N) is 1. The SMILES string of the molecule is CCC(Br)C(=O)Nc1c([N+](=O)[O-])ccc(F)c1F. The summed E-state index contributed by atoms with van der Waals surface area (Å²) in [6.07, 6.45) is 0.399. The Hall–Kier alpha value is -1.57. The molecule has 1 atom stereocenters. The number of hydrogen-bond donors (Lipinski definition) is 1. The Labute approximate surface area is 109 Å². The van der Waals surface area contributed by atoms with Crippen LogP contribution in [0.25, 0.3) is 0 Å². The molecule has 8 heteroatoms. The van der Waals surface area contributed by atoms with Crippen molar-refractivity contribution in [2.45, 2.75) is 18.2 Å². The van der Waals surface area contributed by atoms with Crippen LogP contribution in [0.3, 0.4) is 0 Å². The first-order valence-corrected chi connectivity index (χ1v) is 5.87. The number of benzene rings is 1. The molecule has 5 nitrogen and oxygen atoms in total. The highest BCUT2D eigenvalue weighted by molar-refractivity contribution is 9.10. The second-order valence-corrected chi connectivity index (χ2v) is 4.48. The minimum Gasteiger partial charge on any atom is -0.317 e. The summed E-state index contributed by atoms with van der Waals surface area (Å²) in [5.74, 6) is -3.39. The molecule has 0 heterocycles. The number of nitrogens with zero attached hydrogens (tertiary/aromatic N) is 1. The molecule has 0 saturated carbocycles. The van der Waals surface area contributed by atoms with Crippen molar-refractivity contribution in [1.29, 1.82) is 0 Å². The number of carbonyl (C=O) groups excluding carboxylic acids is 1. The Morgan fingerprint density at radius 2 is 2.17 bits per heavy atom. The zero-order valence-corrected chi connectivity index (χ0v) is 10.8. The van der Waals surface area contributed by atoms with Gasteiger partial charge in [-0.15, -0.1) is 0 Å². The van der Waals surface area contributed by atoms with Crippen LogP contribution in [0, 0.1) is 21.7 Å². The van der Waals surface area contributed by atoms with E-state index in [1.165, 1.54) is 0 Å². The summed E-state index contributed by atoms with van der Waals surface area (Å²) in [5.41, 5.74) is -1.46. The zero-order valence-electron chi connectivity index (χ0n) is 9.25. The normalized spacial score (nSPS) is 12.0. The minimum atomic E-state index is -1.45. The van der Waals surface area contributed by atoms with Gasteiger partial charge in [0, 0.05) is 6.07 Å². The van der Waals surface area contributed by atoms with Crippen LogP contribution in [0.5, 0.6) is 0 Å². The van der Waals surface area contributed by atoms with Crippen molar-refractivity contribution in [3.05, 3.63) is 33.9 Å². The van der Waals surface area contributed by atoms with Gasteiger partial charge in [0.25, 0.3) is 5.69 Å². The molecule has 0 bridgehead atoms. The van der Waals surface area contributed by atoms with Crippen LogP contribution in [0.15, 0.2) is 12.1 Å². The summed E-state index contributed by atoms with van der Waals surface area (Å²) in [4.78, 5) is 20.6. The Kier molecular flexibility index (Phi) is 4.71. The molecule has 1 rings (SSSR count). The van der Waals surface area contributed by atoms with Crippen LogP contribution in [-0.2, 0) is 4.79 Å². The molecule has 0 saturated heterocycles. The third kappa shape index (κ3) is 3.00. The van der Waals surface area contributed by atoms with E-state index in [2.05, 4.69) is 15.9 Å².